The molecule has 1 aromatic rings. The van der Waals surface area contributed by atoms with E-state index in [1.54, 1.807) is 0 Å². The average Bonchev–Trinajstić information content (AvgIpc) is 2.61. The van der Waals surface area contributed by atoms with Crippen LogP contribution in [0.2, 0.25) is 0 Å². The molecular formula is C11H18OS. The fourth-order valence-corrected chi connectivity index (χ4v) is 2.23. The Bertz CT molecular complexity index is 242. The molecule has 1 heterocycles. The average molecular weight is 198 g/mol. The first-order valence-corrected chi connectivity index (χ1v) is 5.83. The molecule has 0 aliphatic rings. The third-order valence-electron chi connectivity index (χ3n) is 2.26. The van der Waals surface area contributed by atoms with Crippen molar-refractivity contribution in [3.8, 4) is 0 Å². The first kappa shape index (κ1) is 10.7. The number of hydrogen-bond donors (Lipinski definition) is 1. The van der Waals surface area contributed by atoms with Crippen LogP contribution in [0.5, 0.6) is 0 Å². The van der Waals surface area contributed by atoms with Crippen molar-refractivity contribution in [1.82, 2.24) is 0 Å². The second-order valence-corrected chi connectivity index (χ2v) is 4.58. The molecule has 0 aromatic carbocycles. The number of aliphatic hydroxyl groups excluding tert-OH is 1. The summed E-state index contributed by atoms with van der Waals surface area (Å²) in [6.45, 7) is 4.20. The lowest BCUT2D eigenvalue weighted by molar-refractivity contribution is 0.161. The van der Waals surface area contributed by atoms with Gasteiger partial charge in [-0.05, 0) is 37.8 Å². The third kappa shape index (κ3) is 3.49. The lowest BCUT2D eigenvalue weighted by Crippen LogP contribution is -2.04. The predicted octanol–water partition coefficient (Wildman–Crippen LogP) is 3.01. The summed E-state index contributed by atoms with van der Waals surface area (Å²) in [5.74, 6) is 0. The van der Waals surface area contributed by atoms with Crippen molar-refractivity contribution in [1.29, 1.82) is 0 Å². The van der Waals surface area contributed by atoms with Crippen LogP contribution in [0.3, 0.4) is 0 Å². The highest BCUT2D eigenvalue weighted by atomic mass is 32.1. The molecule has 1 N–H and O–H groups in total. The Morgan fingerprint density at radius 1 is 1.31 bits per heavy atom. The Hall–Kier alpha value is -0.340. The van der Waals surface area contributed by atoms with E-state index in [0.717, 1.165) is 25.7 Å². The fourth-order valence-electron chi connectivity index (χ4n) is 1.26. The van der Waals surface area contributed by atoms with Gasteiger partial charge in [-0.3, -0.25) is 0 Å². The van der Waals surface area contributed by atoms with Gasteiger partial charge in [0.05, 0.1) is 6.10 Å². The predicted molar refractivity (Wildman–Crippen MR) is 58.3 cm³/mol. The van der Waals surface area contributed by atoms with E-state index in [-0.39, 0.29) is 6.10 Å². The van der Waals surface area contributed by atoms with Gasteiger partial charge in [-0.25, -0.2) is 0 Å². The summed E-state index contributed by atoms with van der Waals surface area (Å²) in [6, 6.07) is 4.38. The van der Waals surface area contributed by atoms with Gasteiger partial charge in [-0.2, -0.15) is 0 Å². The summed E-state index contributed by atoms with van der Waals surface area (Å²) in [5.41, 5.74) is 0. The van der Waals surface area contributed by atoms with Gasteiger partial charge in [0.15, 0.2) is 0 Å². The van der Waals surface area contributed by atoms with Crippen LogP contribution in [-0.4, -0.2) is 11.2 Å². The molecule has 1 nitrogen and oxygen atoms in total. The van der Waals surface area contributed by atoms with E-state index in [1.165, 1.54) is 9.75 Å². The summed E-state index contributed by atoms with van der Waals surface area (Å²) in [5, 5.41) is 9.39. The Kier molecular flexibility index (Phi) is 4.46. The molecule has 0 spiro atoms. The highest BCUT2D eigenvalue weighted by molar-refractivity contribution is 7.11. The van der Waals surface area contributed by atoms with Crippen molar-refractivity contribution in [2.24, 2.45) is 0 Å². The maximum atomic E-state index is 9.39. The van der Waals surface area contributed by atoms with E-state index in [1.807, 2.05) is 18.3 Å². The number of aliphatic hydroxyl groups is 1. The smallest absolute Gasteiger partial charge is 0.0541 e. The molecule has 0 saturated carbocycles. The molecule has 74 valence electrons. The lowest BCUT2D eigenvalue weighted by atomic mass is 10.1. The molecule has 1 atom stereocenters. The van der Waals surface area contributed by atoms with Crippen molar-refractivity contribution in [3.63, 3.8) is 0 Å². The first-order chi connectivity index (χ1) is 6.26. The van der Waals surface area contributed by atoms with E-state index in [2.05, 4.69) is 19.1 Å². The molecule has 0 aliphatic heterocycles. The summed E-state index contributed by atoms with van der Waals surface area (Å²) in [7, 11) is 0. The molecule has 1 rings (SSSR count). The Morgan fingerprint density at radius 2 is 2.00 bits per heavy atom. The second-order valence-electron chi connectivity index (χ2n) is 3.32. The molecule has 0 saturated heterocycles. The largest absolute Gasteiger partial charge is 0.393 e. The fraction of sp³-hybridized carbons (Fsp3) is 0.636. The Morgan fingerprint density at radius 3 is 2.54 bits per heavy atom. The van der Waals surface area contributed by atoms with Gasteiger partial charge in [-0.15, -0.1) is 11.3 Å². The van der Waals surface area contributed by atoms with Crippen LogP contribution in [0.15, 0.2) is 12.1 Å². The van der Waals surface area contributed by atoms with Crippen molar-refractivity contribution in [3.05, 3.63) is 21.9 Å². The van der Waals surface area contributed by atoms with Crippen LogP contribution in [-0.2, 0) is 12.8 Å². The minimum absolute atomic E-state index is 0.118. The van der Waals surface area contributed by atoms with Gasteiger partial charge < -0.3 is 5.11 Å². The van der Waals surface area contributed by atoms with Crippen LogP contribution in [0.25, 0.3) is 0 Å². The quantitative estimate of drug-likeness (QED) is 0.771. The molecule has 13 heavy (non-hydrogen) atoms. The normalized spacial score (nSPS) is 13.2. The molecule has 0 amide bonds. The Labute approximate surface area is 84.4 Å². The third-order valence-corrected chi connectivity index (χ3v) is 3.55. The molecule has 1 aromatic heterocycles. The highest BCUT2D eigenvalue weighted by Crippen LogP contribution is 2.19. The standard InChI is InChI=1S/C11H18OS/c1-3-9(12)5-6-11-8-7-10(4-2)13-11/h7-9,12H,3-6H2,1-2H3. The minimum atomic E-state index is -0.118. The summed E-state index contributed by atoms with van der Waals surface area (Å²) >= 11 is 1.87. The molecule has 0 bridgehead atoms. The zero-order chi connectivity index (χ0) is 9.68. The summed E-state index contributed by atoms with van der Waals surface area (Å²) in [4.78, 5) is 2.85. The van der Waals surface area contributed by atoms with Crippen LogP contribution >= 0.6 is 11.3 Å². The lowest BCUT2D eigenvalue weighted by Gasteiger charge is -2.04. The maximum absolute atomic E-state index is 9.39. The van der Waals surface area contributed by atoms with Gasteiger partial charge in [0.1, 0.15) is 0 Å². The second kappa shape index (κ2) is 5.40. The molecule has 0 radical (unpaired) electrons. The van der Waals surface area contributed by atoms with Crippen LogP contribution in [0.4, 0.5) is 0 Å². The molecule has 0 fully saturated rings. The van der Waals surface area contributed by atoms with Gasteiger partial charge in [0, 0.05) is 9.75 Å². The maximum Gasteiger partial charge on any atom is 0.0541 e. The van der Waals surface area contributed by atoms with E-state index in [0.29, 0.717) is 0 Å². The molecular weight excluding hydrogens is 180 g/mol. The summed E-state index contributed by atoms with van der Waals surface area (Å²) < 4.78 is 0. The van der Waals surface area contributed by atoms with Crippen LogP contribution < -0.4 is 0 Å². The number of rotatable bonds is 5. The number of thiophene rings is 1. The monoisotopic (exact) mass is 198 g/mol. The summed E-state index contributed by atoms with van der Waals surface area (Å²) in [6.07, 6.45) is 3.81. The van der Waals surface area contributed by atoms with Gasteiger partial charge in [0.25, 0.3) is 0 Å². The highest BCUT2D eigenvalue weighted by Gasteiger charge is 2.03. The number of aryl methyl sites for hydroxylation is 2. The van der Waals surface area contributed by atoms with Crippen LogP contribution in [0.1, 0.15) is 36.4 Å². The molecule has 1 unspecified atom stereocenters. The van der Waals surface area contributed by atoms with Crippen molar-refractivity contribution >= 4 is 11.3 Å². The Balaban J connectivity index is 2.36. The number of hydrogen-bond acceptors (Lipinski definition) is 2. The minimum Gasteiger partial charge on any atom is -0.393 e. The van der Waals surface area contributed by atoms with E-state index in [4.69, 9.17) is 0 Å². The van der Waals surface area contributed by atoms with E-state index >= 15 is 0 Å². The SMILES string of the molecule is CCc1ccc(CCC(O)CC)s1. The first-order valence-electron chi connectivity index (χ1n) is 5.01. The van der Waals surface area contributed by atoms with Gasteiger partial charge in [-0.1, -0.05) is 13.8 Å². The van der Waals surface area contributed by atoms with Gasteiger partial charge in [0.2, 0.25) is 0 Å². The van der Waals surface area contributed by atoms with Crippen LogP contribution in [0, 0.1) is 0 Å². The van der Waals surface area contributed by atoms with Crippen molar-refractivity contribution < 1.29 is 5.11 Å². The van der Waals surface area contributed by atoms with Crippen molar-refractivity contribution in [2.45, 2.75) is 45.6 Å². The zero-order valence-corrected chi connectivity index (χ0v) is 9.23. The van der Waals surface area contributed by atoms with E-state index in [9.17, 15) is 5.11 Å². The van der Waals surface area contributed by atoms with Gasteiger partial charge >= 0.3 is 0 Å². The molecule has 0 aliphatic carbocycles. The van der Waals surface area contributed by atoms with E-state index < -0.39 is 0 Å². The van der Waals surface area contributed by atoms with Crippen molar-refractivity contribution in [2.75, 3.05) is 0 Å². The molecule has 2 heteroatoms. The zero-order valence-electron chi connectivity index (χ0n) is 8.42. The topological polar surface area (TPSA) is 20.2 Å².